The predicted molar refractivity (Wildman–Crippen MR) is 67.5 cm³/mol. The lowest BCUT2D eigenvalue weighted by Crippen LogP contribution is -2.43. The lowest BCUT2D eigenvalue weighted by molar-refractivity contribution is 0.244. The number of aryl methyl sites for hydroxylation is 1. The zero-order valence-electron chi connectivity index (χ0n) is 10.2. The van der Waals surface area contributed by atoms with Crippen molar-refractivity contribution in [3.8, 4) is 0 Å². The molecule has 0 bridgehead atoms. The van der Waals surface area contributed by atoms with Gasteiger partial charge in [-0.2, -0.15) is 0 Å². The largest absolute Gasteiger partial charge is 0.397 e. The molecule has 0 aromatic heterocycles. The lowest BCUT2D eigenvalue weighted by Gasteiger charge is -2.21. The first kappa shape index (κ1) is 12.4. The van der Waals surface area contributed by atoms with E-state index in [2.05, 4.69) is 10.6 Å². The Balaban J connectivity index is 2.70. The molecule has 4 nitrogen and oxygen atoms in total. The molecule has 4 N–H and O–H groups in total. The van der Waals surface area contributed by atoms with Crippen LogP contribution in [-0.2, 0) is 0 Å². The van der Waals surface area contributed by atoms with Crippen molar-refractivity contribution >= 4 is 17.4 Å². The van der Waals surface area contributed by atoms with Gasteiger partial charge in [-0.15, -0.1) is 0 Å². The van der Waals surface area contributed by atoms with Gasteiger partial charge >= 0.3 is 6.03 Å². The van der Waals surface area contributed by atoms with E-state index in [1.807, 2.05) is 39.8 Å². The van der Waals surface area contributed by atoms with Crippen LogP contribution in [0.3, 0.4) is 0 Å². The van der Waals surface area contributed by atoms with E-state index in [0.29, 0.717) is 11.4 Å². The van der Waals surface area contributed by atoms with Crippen LogP contribution in [-0.4, -0.2) is 11.6 Å². The predicted octanol–water partition coefficient (Wildman–Crippen LogP) is 2.50. The second kappa shape index (κ2) is 4.43. The Labute approximate surface area is 96.2 Å². The van der Waals surface area contributed by atoms with E-state index in [1.54, 1.807) is 6.07 Å². The van der Waals surface area contributed by atoms with E-state index in [-0.39, 0.29) is 11.6 Å². The Kier molecular flexibility index (Phi) is 3.42. The van der Waals surface area contributed by atoms with Crippen molar-refractivity contribution in [2.75, 3.05) is 11.1 Å². The first-order valence-electron chi connectivity index (χ1n) is 5.23. The first-order valence-corrected chi connectivity index (χ1v) is 5.23. The number of carbonyl (C=O) groups is 1. The molecule has 0 spiro atoms. The van der Waals surface area contributed by atoms with Gasteiger partial charge in [-0.3, -0.25) is 0 Å². The van der Waals surface area contributed by atoms with Crippen molar-refractivity contribution in [3.63, 3.8) is 0 Å². The highest BCUT2D eigenvalue weighted by atomic mass is 16.2. The number of nitrogens with one attached hydrogen (secondary N) is 2. The van der Waals surface area contributed by atoms with Crippen LogP contribution in [0, 0.1) is 6.92 Å². The highest BCUT2D eigenvalue weighted by molar-refractivity contribution is 5.93. The smallest absolute Gasteiger partial charge is 0.319 e. The lowest BCUT2D eigenvalue weighted by atomic mass is 10.1. The van der Waals surface area contributed by atoms with Gasteiger partial charge in [0.2, 0.25) is 0 Å². The van der Waals surface area contributed by atoms with Gasteiger partial charge in [0.15, 0.2) is 0 Å². The van der Waals surface area contributed by atoms with Crippen LogP contribution in [0.1, 0.15) is 26.3 Å². The number of nitrogens with two attached hydrogens (primary N) is 1. The van der Waals surface area contributed by atoms with E-state index in [1.165, 1.54) is 0 Å². The first-order chi connectivity index (χ1) is 7.28. The molecule has 0 saturated heterocycles. The minimum atomic E-state index is -0.260. The van der Waals surface area contributed by atoms with E-state index in [9.17, 15) is 4.79 Å². The molecule has 1 aromatic rings. The molecule has 0 atom stereocenters. The number of anilines is 2. The van der Waals surface area contributed by atoms with Crippen LogP contribution in [0.25, 0.3) is 0 Å². The molecule has 0 heterocycles. The standard InChI is InChI=1S/C12H19N3O/c1-8-5-6-10(9(13)7-8)14-11(16)15-12(2,3)4/h5-7H,13H2,1-4H3,(H2,14,15,16). The normalized spacial score (nSPS) is 11.0. The minimum Gasteiger partial charge on any atom is -0.397 e. The summed E-state index contributed by atoms with van der Waals surface area (Å²) in [5.74, 6) is 0. The summed E-state index contributed by atoms with van der Waals surface area (Å²) < 4.78 is 0. The highest BCUT2D eigenvalue weighted by Gasteiger charge is 2.14. The summed E-state index contributed by atoms with van der Waals surface area (Å²) in [6.07, 6.45) is 0. The van der Waals surface area contributed by atoms with Crippen molar-refractivity contribution in [1.82, 2.24) is 5.32 Å². The van der Waals surface area contributed by atoms with Gasteiger partial charge in [0.05, 0.1) is 11.4 Å². The molecular weight excluding hydrogens is 202 g/mol. The number of amides is 2. The van der Waals surface area contributed by atoms with E-state index >= 15 is 0 Å². The Morgan fingerprint density at radius 2 is 1.94 bits per heavy atom. The molecule has 0 aliphatic rings. The Hall–Kier alpha value is -1.71. The molecule has 4 heteroatoms. The van der Waals surface area contributed by atoms with Gasteiger partial charge in [-0.05, 0) is 45.4 Å². The second-order valence-corrected chi connectivity index (χ2v) is 4.92. The molecule has 0 saturated carbocycles. The maximum atomic E-state index is 11.6. The summed E-state index contributed by atoms with van der Waals surface area (Å²) in [4.78, 5) is 11.6. The molecule has 0 fully saturated rings. The van der Waals surface area contributed by atoms with Gasteiger partial charge in [0.1, 0.15) is 0 Å². The zero-order chi connectivity index (χ0) is 12.3. The summed E-state index contributed by atoms with van der Waals surface area (Å²) in [5, 5.41) is 5.52. The van der Waals surface area contributed by atoms with E-state index < -0.39 is 0 Å². The molecule has 0 aliphatic heterocycles. The van der Waals surface area contributed by atoms with Crippen LogP contribution >= 0.6 is 0 Å². The van der Waals surface area contributed by atoms with E-state index in [4.69, 9.17) is 5.73 Å². The Bertz CT molecular complexity index is 394. The zero-order valence-corrected chi connectivity index (χ0v) is 10.2. The summed E-state index contributed by atoms with van der Waals surface area (Å²) in [6.45, 7) is 7.72. The van der Waals surface area contributed by atoms with Crippen LogP contribution in [0.4, 0.5) is 16.2 Å². The number of rotatable bonds is 1. The Morgan fingerprint density at radius 1 is 1.31 bits per heavy atom. The van der Waals surface area contributed by atoms with Gasteiger partial charge in [0, 0.05) is 5.54 Å². The van der Waals surface area contributed by atoms with Crippen LogP contribution in [0.2, 0.25) is 0 Å². The van der Waals surface area contributed by atoms with Gasteiger partial charge in [-0.1, -0.05) is 6.07 Å². The summed E-state index contributed by atoms with van der Waals surface area (Å²) in [6, 6.07) is 5.28. The molecule has 88 valence electrons. The van der Waals surface area contributed by atoms with Crippen LogP contribution in [0.15, 0.2) is 18.2 Å². The number of benzene rings is 1. The third-order valence-electron chi connectivity index (χ3n) is 1.94. The van der Waals surface area contributed by atoms with Crippen molar-refractivity contribution < 1.29 is 4.79 Å². The minimum absolute atomic E-state index is 0.247. The average molecular weight is 221 g/mol. The molecule has 2 amide bonds. The SMILES string of the molecule is Cc1ccc(NC(=O)NC(C)(C)C)c(N)c1. The summed E-state index contributed by atoms with van der Waals surface area (Å²) >= 11 is 0. The van der Waals surface area contributed by atoms with Crippen molar-refractivity contribution in [2.45, 2.75) is 33.2 Å². The number of hydrogen-bond acceptors (Lipinski definition) is 2. The second-order valence-electron chi connectivity index (χ2n) is 4.92. The number of nitrogen functional groups attached to an aromatic ring is 1. The molecule has 1 rings (SSSR count). The summed E-state index contributed by atoms with van der Waals surface area (Å²) in [7, 11) is 0. The van der Waals surface area contributed by atoms with Crippen molar-refractivity contribution in [3.05, 3.63) is 23.8 Å². The van der Waals surface area contributed by atoms with Crippen molar-refractivity contribution in [2.24, 2.45) is 0 Å². The third kappa shape index (κ3) is 3.81. The average Bonchev–Trinajstić information content (AvgIpc) is 2.06. The highest BCUT2D eigenvalue weighted by Crippen LogP contribution is 2.19. The fourth-order valence-corrected chi connectivity index (χ4v) is 1.29. The Morgan fingerprint density at radius 3 is 2.44 bits per heavy atom. The topological polar surface area (TPSA) is 67.2 Å². The number of carbonyl (C=O) groups excluding carboxylic acids is 1. The molecular formula is C12H19N3O. The molecule has 16 heavy (non-hydrogen) atoms. The third-order valence-corrected chi connectivity index (χ3v) is 1.94. The fourth-order valence-electron chi connectivity index (χ4n) is 1.29. The summed E-state index contributed by atoms with van der Waals surface area (Å²) in [5.41, 5.74) is 7.80. The number of urea groups is 1. The quantitative estimate of drug-likeness (QED) is 0.638. The van der Waals surface area contributed by atoms with Gasteiger partial charge in [0.25, 0.3) is 0 Å². The molecule has 0 radical (unpaired) electrons. The molecule has 0 unspecified atom stereocenters. The monoisotopic (exact) mass is 221 g/mol. The maximum absolute atomic E-state index is 11.6. The van der Waals surface area contributed by atoms with Gasteiger partial charge < -0.3 is 16.4 Å². The van der Waals surface area contributed by atoms with Gasteiger partial charge in [-0.25, -0.2) is 4.79 Å². The number of hydrogen-bond donors (Lipinski definition) is 3. The fraction of sp³-hybridized carbons (Fsp3) is 0.417. The van der Waals surface area contributed by atoms with Crippen molar-refractivity contribution in [1.29, 1.82) is 0 Å². The van der Waals surface area contributed by atoms with Crippen LogP contribution in [0.5, 0.6) is 0 Å². The molecule has 0 aliphatic carbocycles. The van der Waals surface area contributed by atoms with Crippen LogP contribution < -0.4 is 16.4 Å². The molecule has 1 aromatic carbocycles. The van der Waals surface area contributed by atoms with E-state index in [0.717, 1.165) is 5.56 Å². The maximum Gasteiger partial charge on any atom is 0.319 e.